The van der Waals surface area contributed by atoms with Crippen molar-refractivity contribution >= 4 is 10.8 Å². The van der Waals surface area contributed by atoms with E-state index in [2.05, 4.69) is 19.9 Å². The van der Waals surface area contributed by atoms with Gasteiger partial charge in [-0.05, 0) is 35.9 Å². The molecular formula is C13H14O. The minimum absolute atomic E-state index is 0.376. The van der Waals surface area contributed by atoms with E-state index in [9.17, 15) is 5.11 Å². The van der Waals surface area contributed by atoms with Crippen LogP contribution in [0, 0.1) is 6.92 Å². The van der Waals surface area contributed by atoms with E-state index in [0.29, 0.717) is 5.75 Å². The molecule has 2 aromatic rings. The van der Waals surface area contributed by atoms with Gasteiger partial charge in [0.2, 0.25) is 0 Å². The second-order valence-corrected chi connectivity index (χ2v) is 3.59. The maximum Gasteiger partial charge on any atom is 0.123 e. The summed E-state index contributed by atoms with van der Waals surface area (Å²) in [6, 6.07) is 9.82. The molecule has 0 amide bonds. The minimum atomic E-state index is 0.376. The Balaban J connectivity index is 2.92. The van der Waals surface area contributed by atoms with Gasteiger partial charge in [0, 0.05) is 5.39 Å². The smallest absolute Gasteiger partial charge is 0.123 e. The monoisotopic (exact) mass is 186 g/mol. The van der Waals surface area contributed by atoms with Crippen LogP contribution in [0.5, 0.6) is 5.75 Å². The van der Waals surface area contributed by atoms with Crippen molar-refractivity contribution in [2.45, 2.75) is 20.3 Å². The molecule has 0 aliphatic heterocycles. The van der Waals surface area contributed by atoms with E-state index in [-0.39, 0.29) is 0 Å². The molecule has 0 unspecified atom stereocenters. The summed E-state index contributed by atoms with van der Waals surface area (Å²) in [6.45, 7) is 4.22. The van der Waals surface area contributed by atoms with Crippen LogP contribution in [0.1, 0.15) is 18.1 Å². The third-order valence-corrected chi connectivity index (χ3v) is 2.69. The highest BCUT2D eigenvalue weighted by Crippen LogP contribution is 2.29. The van der Waals surface area contributed by atoms with Crippen molar-refractivity contribution in [2.24, 2.45) is 0 Å². The highest BCUT2D eigenvalue weighted by molar-refractivity contribution is 5.93. The van der Waals surface area contributed by atoms with Crippen molar-refractivity contribution in [1.82, 2.24) is 0 Å². The molecule has 0 radical (unpaired) electrons. The zero-order valence-corrected chi connectivity index (χ0v) is 8.54. The van der Waals surface area contributed by atoms with Crippen molar-refractivity contribution < 1.29 is 5.11 Å². The Hall–Kier alpha value is -1.50. The van der Waals surface area contributed by atoms with E-state index in [4.69, 9.17) is 0 Å². The lowest BCUT2D eigenvalue weighted by atomic mass is 9.98. The SMILES string of the molecule is CCc1cccc2c(O)ccc(C)c12. The van der Waals surface area contributed by atoms with Gasteiger partial charge in [-0.1, -0.05) is 31.2 Å². The van der Waals surface area contributed by atoms with Gasteiger partial charge in [-0.15, -0.1) is 0 Å². The molecule has 1 nitrogen and oxygen atoms in total. The van der Waals surface area contributed by atoms with Crippen LogP contribution in [0.25, 0.3) is 10.8 Å². The fraction of sp³-hybridized carbons (Fsp3) is 0.231. The summed E-state index contributed by atoms with van der Waals surface area (Å²) in [7, 11) is 0. The number of phenols is 1. The Morgan fingerprint density at radius 2 is 1.93 bits per heavy atom. The molecule has 0 fully saturated rings. The maximum absolute atomic E-state index is 9.72. The molecular weight excluding hydrogens is 172 g/mol. The molecule has 0 aliphatic rings. The van der Waals surface area contributed by atoms with Crippen LogP contribution in [0.2, 0.25) is 0 Å². The van der Waals surface area contributed by atoms with Crippen LogP contribution in [-0.2, 0) is 6.42 Å². The molecule has 2 rings (SSSR count). The van der Waals surface area contributed by atoms with Gasteiger partial charge in [-0.2, -0.15) is 0 Å². The van der Waals surface area contributed by atoms with Crippen LogP contribution < -0.4 is 0 Å². The first-order valence-corrected chi connectivity index (χ1v) is 4.94. The Kier molecular flexibility index (Phi) is 2.16. The topological polar surface area (TPSA) is 20.2 Å². The van der Waals surface area contributed by atoms with Crippen LogP contribution in [-0.4, -0.2) is 5.11 Å². The number of hydrogen-bond acceptors (Lipinski definition) is 1. The predicted octanol–water partition coefficient (Wildman–Crippen LogP) is 3.42. The largest absolute Gasteiger partial charge is 0.507 e. The lowest BCUT2D eigenvalue weighted by Crippen LogP contribution is -1.86. The van der Waals surface area contributed by atoms with Crippen LogP contribution >= 0.6 is 0 Å². The summed E-state index contributed by atoms with van der Waals surface area (Å²) < 4.78 is 0. The summed E-state index contributed by atoms with van der Waals surface area (Å²) in [5.41, 5.74) is 2.53. The fourth-order valence-electron chi connectivity index (χ4n) is 1.95. The molecule has 0 saturated carbocycles. The summed E-state index contributed by atoms with van der Waals surface area (Å²) in [6.07, 6.45) is 1.00. The predicted molar refractivity (Wildman–Crippen MR) is 59.7 cm³/mol. The van der Waals surface area contributed by atoms with Crippen molar-refractivity contribution in [3.05, 3.63) is 41.5 Å². The van der Waals surface area contributed by atoms with Crippen molar-refractivity contribution in [3.8, 4) is 5.75 Å². The van der Waals surface area contributed by atoms with E-state index < -0.39 is 0 Å². The number of aryl methyl sites for hydroxylation is 2. The van der Waals surface area contributed by atoms with Gasteiger partial charge in [0.25, 0.3) is 0 Å². The number of fused-ring (bicyclic) bond motifs is 1. The molecule has 0 atom stereocenters. The Labute approximate surface area is 84.0 Å². The highest BCUT2D eigenvalue weighted by atomic mass is 16.3. The van der Waals surface area contributed by atoms with E-state index in [0.717, 1.165) is 11.8 Å². The number of benzene rings is 2. The molecule has 14 heavy (non-hydrogen) atoms. The zero-order chi connectivity index (χ0) is 10.1. The standard InChI is InChI=1S/C13H14O/c1-3-10-5-4-6-11-12(14)8-7-9(2)13(10)11/h4-8,14H,3H2,1-2H3. The van der Waals surface area contributed by atoms with E-state index in [1.54, 1.807) is 6.07 Å². The fourth-order valence-corrected chi connectivity index (χ4v) is 1.95. The van der Waals surface area contributed by atoms with Gasteiger partial charge >= 0.3 is 0 Å². The van der Waals surface area contributed by atoms with Crippen molar-refractivity contribution in [1.29, 1.82) is 0 Å². The Morgan fingerprint density at radius 1 is 1.14 bits per heavy atom. The summed E-state index contributed by atoms with van der Waals surface area (Å²) in [4.78, 5) is 0. The third-order valence-electron chi connectivity index (χ3n) is 2.69. The average molecular weight is 186 g/mol. The van der Waals surface area contributed by atoms with Crippen LogP contribution in [0.4, 0.5) is 0 Å². The Morgan fingerprint density at radius 3 is 2.64 bits per heavy atom. The Bertz CT molecular complexity index is 472. The van der Waals surface area contributed by atoms with E-state index >= 15 is 0 Å². The summed E-state index contributed by atoms with van der Waals surface area (Å²) >= 11 is 0. The van der Waals surface area contributed by atoms with Gasteiger partial charge in [0.05, 0.1) is 0 Å². The van der Waals surface area contributed by atoms with Gasteiger partial charge in [-0.3, -0.25) is 0 Å². The van der Waals surface area contributed by atoms with Gasteiger partial charge in [0.1, 0.15) is 5.75 Å². The van der Waals surface area contributed by atoms with E-state index in [1.165, 1.54) is 16.5 Å². The summed E-state index contributed by atoms with van der Waals surface area (Å²) in [5.74, 6) is 0.376. The van der Waals surface area contributed by atoms with Crippen LogP contribution in [0.15, 0.2) is 30.3 Å². The molecule has 1 N–H and O–H groups in total. The lowest BCUT2D eigenvalue weighted by Gasteiger charge is -2.08. The number of hydrogen-bond donors (Lipinski definition) is 1. The number of aromatic hydroxyl groups is 1. The minimum Gasteiger partial charge on any atom is -0.507 e. The molecule has 1 heteroatoms. The molecule has 2 aromatic carbocycles. The lowest BCUT2D eigenvalue weighted by molar-refractivity contribution is 0.481. The molecule has 0 aliphatic carbocycles. The average Bonchev–Trinajstić information content (AvgIpc) is 2.23. The molecule has 0 bridgehead atoms. The van der Waals surface area contributed by atoms with Gasteiger partial charge in [0.15, 0.2) is 0 Å². The maximum atomic E-state index is 9.72. The normalized spacial score (nSPS) is 10.7. The van der Waals surface area contributed by atoms with Crippen molar-refractivity contribution in [3.63, 3.8) is 0 Å². The van der Waals surface area contributed by atoms with Gasteiger partial charge in [-0.25, -0.2) is 0 Å². The molecule has 0 saturated heterocycles. The van der Waals surface area contributed by atoms with Crippen molar-refractivity contribution in [2.75, 3.05) is 0 Å². The molecule has 0 heterocycles. The first-order chi connectivity index (χ1) is 6.74. The highest BCUT2D eigenvalue weighted by Gasteiger charge is 2.05. The first kappa shape index (κ1) is 9.07. The number of rotatable bonds is 1. The second-order valence-electron chi connectivity index (χ2n) is 3.59. The second kappa shape index (κ2) is 3.33. The summed E-state index contributed by atoms with van der Waals surface area (Å²) in [5, 5.41) is 11.9. The first-order valence-electron chi connectivity index (χ1n) is 4.94. The van der Waals surface area contributed by atoms with Crippen LogP contribution in [0.3, 0.4) is 0 Å². The molecule has 0 spiro atoms. The van der Waals surface area contributed by atoms with Gasteiger partial charge < -0.3 is 5.11 Å². The number of phenolic OH excluding ortho intramolecular Hbond substituents is 1. The molecule has 72 valence electrons. The zero-order valence-electron chi connectivity index (χ0n) is 8.54. The van der Waals surface area contributed by atoms with E-state index in [1.807, 2.05) is 18.2 Å². The molecule has 0 aromatic heterocycles. The third kappa shape index (κ3) is 1.25. The quantitative estimate of drug-likeness (QED) is 0.723.